The zero-order chi connectivity index (χ0) is 104. The molecule has 28 nitrogen and oxygen atoms in total. The Morgan fingerprint density at radius 3 is 1.06 bits per heavy atom. The molecule has 12 aromatic rings. The number of hydrogen-bond acceptors (Lipinski definition) is 19. The maximum atomic E-state index is 17.5. The first-order valence-corrected chi connectivity index (χ1v) is 47.3. The van der Waals surface area contributed by atoms with Gasteiger partial charge in [0.2, 0.25) is 17.7 Å². The van der Waals surface area contributed by atoms with Crippen LogP contribution in [0.15, 0.2) is 162 Å². The number of fused-ring (bicyclic) bond motifs is 15. The highest BCUT2D eigenvalue weighted by molar-refractivity contribution is 6.36. The summed E-state index contributed by atoms with van der Waals surface area (Å²) in [6, 6.07) is 15.5. The number of carbonyl (C=O) groups excluding carboxylic acids is 6. The van der Waals surface area contributed by atoms with Gasteiger partial charge in [-0.15, -0.1) is 0 Å². The summed E-state index contributed by atoms with van der Waals surface area (Å²) in [5, 5.41) is 32.0. The van der Waals surface area contributed by atoms with Crippen molar-refractivity contribution in [2.24, 2.45) is 0 Å². The summed E-state index contributed by atoms with van der Waals surface area (Å²) < 4.78 is 118. The van der Waals surface area contributed by atoms with Crippen LogP contribution in [0.4, 0.5) is 70.5 Å². The first-order valence-electron chi connectivity index (χ1n) is 46.6. The third-order valence-corrected chi connectivity index (χ3v) is 28.3. The van der Waals surface area contributed by atoms with Crippen molar-refractivity contribution in [3.8, 4) is 67.7 Å². The maximum absolute atomic E-state index is 17.5. The van der Waals surface area contributed by atoms with Crippen LogP contribution in [0.3, 0.4) is 0 Å². The Kier molecular flexibility index (Phi) is 27.2. The standard InChI is InChI=1S/C36H36ClF2N5O4.C35H34ClF2N5O4.C35H35F3N6O4/c1-8-26(46)42-16-24-35(47)41(7)34-33(43(24)15-19(42)6)21-14-22(37)27(28-23(38)10-9-11-25(28)45)29(39)31(21)44(36(34)48)32-20(17(2)3)12-13-40-30(32)18(4)5;1-7-19-12-13-39-29(17(3)4)30(19)43-31-20(14-21(36)26(28(31)38)27-22(37)10-9-11-24(27)44)32-33(35(43)47)40(6)34(46)23-16-41(25(45)8-2)18(5)15-42(23)32;1-8-25(46)42-16-23-34(47)41(7)33-31(43(23)15-18(42)4)19-14-21(37)27(26-20(36)10-9-11-24(26)45)28(38)30(19)44(35(33)48)32-22(40(5)6)12-13-39-29(32)17(2)3/h8-14,17-19,24,45H,1,15-16H2,2-7H3;8-14,17-18,23,44H,2,7,15-16H2,1,3-6H3;8-14,17-18,23,45H,1,15-16H2,2-7H3. The van der Waals surface area contributed by atoms with Gasteiger partial charge in [0.05, 0.1) is 125 Å². The number of anilines is 7. The number of benzene rings is 6. The summed E-state index contributed by atoms with van der Waals surface area (Å²) in [4.78, 5) is 154. The monoisotopic (exact) mass is 2000 g/mol. The van der Waals surface area contributed by atoms with Crippen LogP contribution in [0.5, 0.6) is 17.2 Å². The number of hydrogen-bond donors (Lipinski definition) is 3. The van der Waals surface area contributed by atoms with Crippen molar-refractivity contribution >= 4 is 131 Å². The third kappa shape index (κ3) is 16.3. The van der Waals surface area contributed by atoms with Crippen LogP contribution in [-0.4, -0.2) is 205 Å². The van der Waals surface area contributed by atoms with Crippen LogP contribution in [0.1, 0.15) is 135 Å². The molecule has 0 saturated carbocycles. The lowest BCUT2D eigenvalue weighted by molar-refractivity contribution is -0.132. The van der Waals surface area contributed by atoms with E-state index in [1.165, 1.54) is 99.6 Å². The molecular weight excluding hydrogens is 1890 g/mol. The largest absolute Gasteiger partial charge is 0.507 e. The Morgan fingerprint density at radius 1 is 0.413 bits per heavy atom. The number of amides is 6. The zero-order valence-corrected chi connectivity index (χ0v) is 83.1. The van der Waals surface area contributed by atoms with Crippen molar-refractivity contribution in [1.82, 2.24) is 43.4 Å². The molecular formula is C106H105Cl2F7N16O12. The molecule has 0 bridgehead atoms. The first kappa shape index (κ1) is 101. The summed E-state index contributed by atoms with van der Waals surface area (Å²) in [5.41, 5.74) is -1.54. The molecule has 143 heavy (non-hydrogen) atoms. The fraction of sp³-hybridized carbons (Fsp3) is 0.321. The molecule has 6 aliphatic heterocycles. The van der Waals surface area contributed by atoms with Gasteiger partial charge in [-0.05, 0) is 153 Å². The Balaban J connectivity index is 0.000000154. The number of piperazine rings is 3. The summed E-state index contributed by atoms with van der Waals surface area (Å²) in [6.45, 7) is 33.5. The lowest BCUT2D eigenvalue weighted by atomic mass is 9.93. The second kappa shape index (κ2) is 38.5. The van der Waals surface area contributed by atoms with E-state index in [-0.39, 0.29) is 158 Å². The van der Waals surface area contributed by atoms with Crippen LogP contribution in [0, 0.1) is 40.7 Å². The highest BCUT2D eigenvalue weighted by Gasteiger charge is 2.52. The maximum Gasteiger partial charge on any atom is 0.281 e. The van der Waals surface area contributed by atoms with Gasteiger partial charge in [-0.2, -0.15) is 0 Å². The third-order valence-electron chi connectivity index (χ3n) is 27.7. The number of phenolic OH excluding ortho intramolecular Hbond substituents is 3. The van der Waals surface area contributed by atoms with Gasteiger partial charge < -0.3 is 64.3 Å². The molecule has 0 aliphatic carbocycles. The molecule has 0 radical (unpaired) electrons. The molecule has 3 N–H and O–H groups in total. The number of carbonyl (C=O) groups is 6. The Morgan fingerprint density at radius 2 is 0.727 bits per heavy atom. The van der Waals surface area contributed by atoms with Crippen LogP contribution < -0.4 is 51.0 Å². The predicted molar refractivity (Wildman–Crippen MR) is 541 cm³/mol. The number of likely N-dealkylation sites (N-methyl/N-ethyl adjacent to an activating group) is 3. The average Bonchev–Trinajstić information content (AvgIpc) is 0.704. The Bertz CT molecular complexity index is 7250. The van der Waals surface area contributed by atoms with E-state index >= 15 is 35.5 Å². The minimum Gasteiger partial charge on any atom is -0.507 e. The highest BCUT2D eigenvalue weighted by Crippen LogP contribution is 2.54. The van der Waals surface area contributed by atoms with Gasteiger partial charge in [0.25, 0.3) is 34.4 Å². The minimum atomic E-state index is -1.29. The molecule has 6 aromatic heterocycles. The van der Waals surface area contributed by atoms with Crippen molar-refractivity contribution in [3.05, 3.63) is 258 Å². The smallest absolute Gasteiger partial charge is 0.281 e. The Hall–Kier alpha value is -14.9. The zero-order valence-electron chi connectivity index (χ0n) is 81.5. The lowest BCUT2D eigenvalue weighted by Gasteiger charge is -2.50. The predicted octanol–water partition coefficient (Wildman–Crippen LogP) is 17.4. The van der Waals surface area contributed by atoms with Crippen LogP contribution >= 0.6 is 23.2 Å². The molecule has 6 amide bonds. The summed E-state index contributed by atoms with van der Waals surface area (Å²) in [5.74, 6) is -12.4. The van der Waals surface area contributed by atoms with E-state index in [9.17, 15) is 53.7 Å². The molecule has 3 saturated heterocycles. The molecule has 12 heterocycles. The number of aromatic hydroxyl groups is 3. The SMILES string of the molecule is C=CC(=O)N1CC2C(=O)N(C)c3c(c4cc(Cl)c(-c5c(O)cccc5F)c(F)c4n(-c4c(C(C)C)ccnc4C(C)C)c3=O)N2CC1C.C=CC(=O)N1CC2C(=O)N(C)c3c(c4cc(Cl)c(-c5c(O)cccc5F)c(F)c4n(-c4c(CC)ccnc4C(C)C)c3=O)N2CC1C.C=CC(=O)N1CC2C(=O)N(C)c3c(c4cc(F)c(-c5c(O)cccc5F)c(F)c4n(-c4c(N(C)C)ccnc4C(C)C)c3=O)N2CC1C. The van der Waals surface area contributed by atoms with Crippen LogP contribution in [0.2, 0.25) is 10.0 Å². The fourth-order valence-corrected chi connectivity index (χ4v) is 21.4. The van der Waals surface area contributed by atoms with Crippen LogP contribution in [0.25, 0.3) is 83.2 Å². The van der Waals surface area contributed by atoms with Crippen molar-refractivity contribution < 1.29 is 74.8 Å². The number of pyridine rings is 6. The van der Waals surface area contributed by atoms with E-state index in [1.54, 1.807) is 87.2 Å². The fourth-order valence-electron chi connectivity index (χ4n) is 20.9. The Labute approximate surface area is 828 Å². The molecule has 37 heteroatoms. The van der Waals surface area contributed by atoms with Crippen molar-refractivity contribution in [3.63, 3.8) is 0 Å². The van der Waals surface area contributed by atoms with Gasteiger partial charge >= 0.3 is 0 Å². The number of aryl methyl sites for hydroxylation is 1. The molecule has 6 unspecified atom stereocenters. The summed E-state index contributed by atoms with van der Waals surface area (Å²) >= 11 is 13.6. The molecule has 3 fully saturated rings. The van der Waals surface area contributed by atoms with E-state index in [1.807, 2.05) is 76.2 Å². The minimum absolute atomic E-state index is 0.00432. The summed E-state index contributed by atoms with van der Waals surface area (Å²) in [6.07, 6.45) is 8.82. The number of rotatable bonds is 15. The van der Waals surface area contributed by atoms with Gasteiger partial charge in [-0.25, -0.2) is 30.7 Å². The van der Waals surface area contributed by atoms with E-state index < -0.39 is 168 Å². The van der Waals surface area contributed by atoms with E-state index in [0.29, 0.717) is 51.7 Å². The molecule has 6 atom stereocenters. The lowest BCUT2D eigenvalue weighted by Crippen LogP contribution is -2.66. The van der Waals surface area contributed by atoms with Crippen molar-refractivity contribution in [2.75, 3.05) is 109 Å². The number of aromatic nitrogens is 6. The van der Waals surface area contributed by atoms with Crippen molar-refractivity contribution in [2.45, 2.75) is 149 Å². The second-order valence-corrected chi connectivity index (χ2v) is 38.7. The second-order valence-electron chi connectivity index (χ2n) is 37.8. The molecule has 744 valence electrons. The molecule has 6 aromatic carbocycles. The average molecular weight is 2000 g/mol. The van der Waals surface area contributed by atoms with Crippen LogP contribution in [-0.2, 0) is 35.2 Å². The van der Waals surface area contributed by atoms with E-state index in [4.69, 9.17) is 23.2 Å². The van der Waals surface area contributed by atoms with Gasteiger partial charge in [-0.3, -0.25) is 71.8 Å². The highest BCUT2D eigenvalue weighted by atomic mass is 35.5. The van der Waals surface area contributed by atoms with E-state index in [2.05, 4.69) is 34.7 Å². The first-order chi connectivity index (χ1) is 67.7. The molecule has 18 rings (SSSR count). The number of nitrogens with zero attached hydrogens (tertiary/aromatic N) is 16. The van der Waals surface area contributed by atoms with Gasteiger partial charge in [0.1, 0.15) is 75.7 Å². The topological polar surface area (TPSA) is 300 Å². The molecule has 6 aliphatic rings. The molecule has 0 spiro atoms. The van der Waals surface area contributed by atoms with E-state index in [0.717, 1.165) is 45.9 Å². The van der Waals surface area contributed by atoms with Gasteiger partial charge in [-0.1, -0.05) is 123 Å². The summed E-state index contributed by atoms with van der Waals surface area (Å²) in [7, 11) is 7.84. The quantitative estimate of drug-likeness (QED) is 0.0634. The normalized spacial score (nSPS) is 17.7. The van der Waals surface area contributed by atoms with Gasteiger partial charge in [0, 0.05) is 119 Å². The number of phenols is 3. The van der Waals surface area contributed by atoms with Gasteiger partial charge in [0.15, 0.2) is 17.5 Å². The van der Waals surface area contributed by atoms with Crippen molar-refractivity contribution in [1.29, 1.82) is 0 Å². The number of halogens is 9.